The monoisotopic (exact) mass is 399 g/mol. The van der Waals surface area contributed by atoms with Gasteiger partial charge in [-0.1, -0.05) is 0 Å². The van der Waals surface area contributed by atoms with Crippen molar-refractivity contribution in [3.8, 4) is 17.2 Å². The molecular weight excluding hydrogens is 378 g/mol. The van der Waals surface area contributed by atoms with Crippen LogP contribution in [0.4, 0.5) is 11.4 Å². The summed E-state index contributed by atoms with van der Waals surface area (Å²) in [4.78, 5) is 37.0. The Balaban J connectivity index is 1.44. The first-order chi connectivity index (χ1) is 14.0. The van der Waals surface area contributed by atoms with Crippen LogP contribution in [0.2, 0.25) is 0 Å². The molecule has 3 amide bonds. The van der Waals surface area contributed by atoms with Crippen molar-refractivity contribution in [2.75, 3.05) is 44.1 Å². The second-order valence-corrected chi connectivity index (χ2v) is 6.21. The van der Waals surface area contributed by atoms with E-state index in [4.69, 9.17) is 14.2 Å². The lowest BCUT2D eigenvalue weighted by Crippen LogP contribution is -2.36. The Morgan fingerprint density at radius 3 is 2.55 bits per heavy atom. The number of methoxy groups -OCH3 is 1. The van der Waals surface area contributed by atoms with E-state index < -0.39 is 11.8 Å². The normalized spacial score (nSPS) is 12.5. The van der Waals surface area contributed by atoms with Crippen LogP contribution in [-0.4, -0.2) is 51.6 Å². The van der Waals surface area contributed by atoms with E-state index in [-0.39, 0.29) is 25.7 Å². The second-order valence-electron chi connectivity index (χ2n) is 6.21. The maximum absolute atomic E-state index is 12.1. The van der Waals surface area contributed by atoms with Crippen LogP contribution in [0, 0.1) is 0 Å². The summed E-state index contributed by atoms with van der Waals surface area (Å²) < 4.78 is 15.8. The fourth-order valence-corrected chi connectivity index (χ4v) is 2.61. The predicted molar refractivity (Wildman–Crippen MR) is 105 cm³/mol. The molecule has 152 valence electrons. The van der Waals surface area contributed by atoms with Gasteiger partial charge in [-0.2, -0.15) is 0 Å². The van der Waals surface area contributed by atoms with Gasteiger partial charge in [-0.05, 0) is 36.4 Å². The summed E-state index contributed by atoms with van der Waals surface area (Å²) in [5.41, 5.74) is 1.13. The molecule has 0 atom stereocenters. The lowest BCUT2D eigenvalue weighted by atomic mass is 10.2. The maximum atomic E-state index is 12.1. The van der Waals surface area contributed by atoms with Crippen molar-refractivity contribution in [2.24, 2.45) is 0 Å². The summed E-state index contributed by atoms with van der Waals surface area (Å²) in [6.07, 6.45) is 0. The van der Waals surface area contributed by atoms with E-state index in [1.54, 1.807) is 56.6 Å². The molecule has 0 fully saturated rings. The van der Waals surface area contributed by atoms with Crippen molar-refractivity contribution in [3.63, 3.8) is 0 Å². The number of benzene rings is 2. The minimum absolute atomic E-state index is 0.0504. The third-order valence-electron chi connectivity index (χ3n) is 4.21. The molecule has 3 rings (SSSR count). The molecule has 1 heterocycles. The lowest BCUT2D eigenvalue weighted by molar-refractivity contribution is -0.125. The Morgan fingerprint density at radius 2 is 1.83 bits per heavy atom. The van der Waals surface area contributed by atoms with Crippen LogP contribution in [0.25, 0.3) is 0 Å². The molecular formula is C20H21N3O6. The number of anilines is 2. The van der Waals surface area contributed by atoms with Crippen LogP contribution in [0.5, 0.6) is 17.2 Å². The number of hydrogen-bond acceptors (Lipinski definition) is 6. The van der Waals surface area contributed by atoms with Crippen molar-refractivity contribution in [1.82, 2.24) is 5.32 Å². The molecule has 2 N–H and O–H groups in total. The Kier molecular flexibility index (Phi) is 6.18. The zero-order chi connectivity index (χ0) is 20.8. The molecule has 29 heavy (non-hydrogen) atoms. The first-order valence-electron chi connectivity index (χ1n) is 8.83. The number of carbonyl (C=O) groups excluding carboxylic acids is 3. The van der Waals surface area contributed by atoms with E-state index >= 15 is 0 Å². The van der Waals surface area contributed by atoms with Gasteiger partial charge in [0.1, 0.15) is 17.2 Å². The van der Waals surface area contributed by atoms with Gasteiger partial charge in [-0.25, -0.2) is 0 Å². The average molecular weight is 399 g/mol. The zero-order valence-electron chi connectivity index (χ0n) is 16.1. The number of rotatable bonds is 7. The number of amides is 3. The predicted octanol–water partition coefficient (Wildman–Crippen LogP) is 1.18. The molecule has 0 spiro atoms. The zero-order valence-corrected chi connectivity index (χ0v) is 16.1. The van der Waals surface area contributed by atoms with Gasteiger partial charge in [0.2, 0.25) is 5.91 Å². The van der Waals surface area contributed by atoms with Gasteiger partial charge in [0, 0.05) is 18.8 Å². The Morgan fingerprint density at radius 1 is 1.10 bits per heavy atom. The minimum atomic E-state index is -0.426. The Hall–Kier alpha value is -3.75. The number of fused-ring (bicyclic) bond motifs is 1. The standard InChI is InChI=1S/C20H21N3O6/c1-23-16-8-3-13(9-17(16)29-12-20(23)26)22-18(24)10-21-19(25)11-28-15-6-4-14(27-2)5-7-15/h3-9H,10-12H2,1-2H3,(H,21,25)(H,22,24). The van der Waals surface area contributed by atoms with Gasteiger partial charge in [-0.15, -0.1) is 0 Å². The van der Waals surface area contributed by atoms with Gasteiger partial charge in [-0.3, -0.25) is 14.4 Å². The SMILES string of the molecule is COc1ccc(OCC(=O)NCC(=O)Nc2ccc3c(c2)OCC(=O)N3C)cc1. The van der Waals surface area contributed by atoms with Crippen LogP contribution in [0.3, 0.4) is 0 Å². The highest BCUT2D eigenvalue weighted by Crippen LogP contribution is 2.33. The molecule has 2 aromatic rings. The van der Waals surface area contributed by atoms with Crippen molar-refractivity contribution in [3.05, 3.63) is 42.5 Å². The summed E-state index contributed by atoms with van der Waals surface area (Å²) in [6, 6.07) is 11.8. The molecule has 0 aliphatic carbocycles. The molecule has 9 nitrogen and oxygen atoms in total. The van der Waals surface area contributed by atoms with Gasteiger partial charge < -0.3 is 29.7 Å². The van der Waals surface area contributed by atoms with Crippen molar-refractivity contribution < 1.29 is 28.6 Å². The first kappa shape index (κ1) is 20.0. The van der Waals surface area contributed by atoms with Crippen LogP contribution >= 0.6 is 0 Å². The number of nitrogens with one attached hydrogen (secondary N) is 2. The number of nitrogens with zero attached hydrogens (tertiary/aromatic N) is 1. The third-order valence-corrected chi connectivity index (χ3v) is 4.21. The molecule has 0 saturated heterocycles. The summed E-state index contributed by atoms with van der Waals surface area (Å²) in [6.45, 7) is -0.473. The Bertz CT molecular complexity index is 913. The van der Waals surface area contributed by atoms with Crippen molar-refractivity contribution in [1.29, 1.82) is 0 Å². The van der Waals surface area contributed by atoms with Crippen molar-refractivity contribution >= 4 is 29.1 Å². The minimum Gasteiger partial charge on any atom is -0.497 e. The van der Waals surface area contributed by atoms with Crippen LogP contribution in [0.1, 0.15) is 0 Å². The fourth-order valence-electron chi connectivity index (χ4n) is 2.61. The molecule has 0 bridgehead atoms. The van der Waals surface area contributed by atoms with Gasteiger partial charge in [0.15, 0.2) is 13.2 Å². The topological polar surface area (TPSA) is 106 Å². The molecule has 0 unspecified atom stereocenters. The van der Waals surface area contributed by atoms with Gasteiger partial charge >= 0.3 is 0 Å². The van der Waals surface area contributed by atoms with E-state index in [1.165, 1.54) is 4.90 Å². The fraction of sp³-hybridized carbons (Fsp3) is 0.250. The molecule has 1 aliphatic rings. The van der Waals surface area contributed by atoms with Crippen LogP contribution in [-0.2, 0) is 14.4 Å². The lowest BCUT2D eigenvalue weighted by Gasteiger charge is -2.26. The molecule has 0 radical (unpaired) electrons. The summed E-state index contributed by atoms with van der Waals surface area (Å²) >= 11 is 0. The summed E-state index contributed by atoms with van der Waals surface area (Å²) in [5, 5.41) is 5.15. The van der Waals surface area contributed by atoms with Crippen LogP contribution in [0.15, 0.2) is 42.5 Å². The number of likely N-dealkylation sites (N-methyl/N-ethyl adjacent to an activating group) is 1. The second kappa shape index (κ2) is 8.96. The quantitative estimate of drug-likeness (QED) is 0.724. The van der Waals surface area contributed by atoms with E-state index in [0.29, 0.717) is 28.6 Å². The molecule has 9 heteroatoms. The summed E-state index contributed by atoms with van der Waals surface area (Å²) in [7, 11) is 3.22. The molecule has 1 aliphatic heterocycles. The highest BCUT2D eigenvalue weighted by atomic mass is 16.5. The highest BCUT2D eigenvalue weighted by molar-refractivity contribution is 5.99. The average Bonchev–Trinajstić information content (AvgIpc) is 2.74. The van der Waals surface area contributed by atoms with E-state index in [1.807, 2.05) is 0 Å². The molecule has 0 aromatic heterocycles. The number of ether oxygens (including phenoxy) is 3. The Labute approximate surface area is 167 Å². The number of carbonyl (C=O) groups is 3. The molecule has 2 aromatic carbocycles. The maximum Gasteiger partial charge on any atom is 0.264 e. The summed E-state index contributed by atoms with van der Waals surface area (Å²) in [5.74, 6) is 0.732. The largest absolute Gasteiger partial charge is 0.497 e. The number of hydrogen-bond donors (Lipinski definition) is 2. The van der Waals surface area contributed by atoms with Crippen LogP contribution < -0.4 is 29.7 Å². The smallest absolute Gasteiger partial charge is 0.264 e. The highest BCUT2D eigenvalue weighted by Gasteiger charge is 2.22. The van der Waals surface area contributed by atoms with Gasteiger partial charge in [0.05, 0.1) is 19.3 Å². The van der Waals surface area contributed by atoms with E-state index in [2.05, 4.69) is 10.6 Å². The van der Waals surface area contributed by atoms with E-state index in [9.17, 15) is 14.4 Å². The first-order valence-corrected chi connectivity index (χ1v) is 8.83. The van der Waals surface area contributed by atoms with Gasteiger partial charge in [0.25, 0.3) is 11.8 Å². The third kappa shape index (κ3) is 5.16. The van der Waals surface area contributed by atoms with E-state index in [0.717, 1.165) is 0 Å². The molecule has 0 saturated carbocycles. The van der Waals surface area contributed by atoms with Crippen molar-refractivity contribution in [2.45, 2.75) is 0 Å².